The molecule has 0 spiro atoms. The van der Waals surface area contributed by atoms with E-state index in [0.29, 0.717) is 19.4 Å². The van der Waals surface area contributed by atoms with E-state index in [1.165, 1.54) is 5.56 Å². The van der Waals surface area contributed by atoms with Gasteiger partial charge in [0.2, 0.25) is 0 Å². The number of fused-ring (bicyclic) bond motifs is 1. The summed E-state index contributed by atoms with van der Waals surface area (Å²) in [5.41, 5.74) is 2.38. The van der Waals surface area contributed by atoms with Gasteiger partial charge in [0.25, 0.3) is 0 Å². The third-order valence-corrected chi connectivity index (χ3v) is 4.53. The Kier molecular flexibility index (Phi) is 4.16. The molecule has 1 aliphatic rings. The topological polar surface area (TPSA) is 20.3 Å². The number of carbonyl (C=O) groups excluding carboxylic acids is 1. The Morgan fingerprint density at radius 1 is 0.913 bits per heavy atom. The lowest BCUT2D eigenvalue weighted by Gasteiger charge is -2.38. The smallest absolute Gasteiger partial charge is 0.191 e. The lowest BCUT2D eigenvalue weighted by molar-refractivity contribution is 0.0901. The fourth-order valence-corrected chi connectivity index (χ4v) is 3.47. The molecule has 116 valence electrons. The first-order chi connectivity index (χ1) is 11.2. The molecule has 0 unspecified atom stereocenters. The van der Waals surface area contributed by atoms with E-state index in [4.69, 9.17) is 0 Å². The van der Waals surface area contributed by atoms with Crippen LogP contribution in [0.4, 0.5) is 5.69 Å². The van der Waals surface area contributed by atoms with Crippen LogP contribution in [0.1, 0.15) is 28.8 Å². The molecule has 0 N–H and O–H groups in total. The highest BCUT2D eigenvalue weighted by Gasteiger charge is 2.49. The number of nitrogens with zero attached hydrogens (tertiary/aromatic N) is 1. The number of hydrogen-bond acceptors (Lipinski definition) is 2. The lowest BCUT2D eigenvalue weighted by Crippen LogP contribution is -2.49. The van der Waals surface area contributed by atoms with Crippen LogP contribution in [0, 0.1) is 0 Å². The van der Waals surface area contributed by atoms with Gasteiger partial charge in [0.15, 0.2) is 5.78 Å². The minimum atomic E-state index is -0.608. The lowest BCUT2D eigenvalue weighted by atomic mass is 9.85. The van der Waals surface area contributed by atoms with Gasteiger partial charge in [0.05, 0.1) is 0 Å². The molecular weight excluding hydrogens is 282 g/mol. The molecule has 0 aromatic heterocycles. The molecule has 23 heavy (non-hydrogen) atoms. The average molecular weight is 303 g/mol. The molecule has 0 radical (unpaired) electrons. The Bertz CT molecular complexity index is 723. The summed E-state index contributed by atoms with van der Waals surface area (Å²) in [5, 5.41) is 0. The molecule has 0 saturated carbocycles. The maximum absolute atomic E-state index is 13.2. The van der Waals surface area contributed by atoms with Crippen molar-refractivity contribution in [1.82, 2.24) is 0 Å². The van der Waals surface area contributed by atoms with Gasteiger partial charge < -0.3 is 4.90 Å². The van der Waals surface area contributed by atoms with Crippen molar-refractivity contribution < 1.29 is 4.79 Å². The van der Waals surface area contributed by atoms with Crippen LogP contribution in [-0.4, -0.2) is 11.3 Å². The van der Waals surface area contributed by atoms with Gasteiger partial charge >= 0.3 is 0 Å². The van der Waals surface area contributed by atoms with Crippen LogP contribution >= 0.6 is 0 Å². The Labute approximate surface area is 137 Å². The van der Waals surface area contributed by atoms with Crippen LogP contribution < -0.4 is 4.90 Å². The van der Waals surface area contributed by atoms with Crippen LogP contribution in [-0.2, 0) is 6.54 Å². The summed E-state index contributed by atoms with van der Waals surface area (Å²) in [5.74, 6) is 0.170. The number of rotatable bonds is 6. The molecule has 0 bridgehead atoms. The summed E-state index contributed by atoms with van der Waals surface area (Å²) < 4.78 is 0. The van der Waals surface area contributed by atoms with Gasteiger partial charge in [-0.3, -0.25) is 4.79 Å². The minimum Gasteiger partial charge on any atom is -0.353 e. The van der Waals surface area contributed by atoms with Crippen molar-refractivity contribution in [2.75, 3.05) is 4.90 Å². The van der Waals surface area contributed by atoms with Crippen molar-refractivity contribution in [2.24, 2.45) is 0 Å². The first-order valence-electron chi connectivity index (χ1n) is 7.90. The van der Waals surface area contributed by atoms with Gasteiger partial charge in [-0.1, -0.05) is 54.6 Å². The fraction of sp³-hybridized carbons (Fsp3) is 0.190. The molecule has 0 amide bonds. The highest BCUT2D eigenvalue weighted by Crippen LogP contribution is 2.44. The van der Waals surface area contributed by atoms with Gasteiger partial charge in [-0.15, -0.1) is 13.2 Å². The second kappa shape index (κ2) is 6.25. The molecule has 2 aromatic carbocycles. The molecule has 0 aliphatic carbocycles. The Hall–Kier alpha value is -2.61. The SMILES string of the molecule is C=CCC1(CC=C)C(=O)c2ccccc2N1Cc1ccccc1. The maximum Gasteiger partial charge on any atom is 0.191 e. The zero-order valence-electron chi connectivity index (χ0n) is 13.2. The third-order valence-electron chi connectivity index (χ3n) is 4.53. The van der Waals surface area contributed by atoms with Crippen LogP contribution in [0.5, 0.6) is 0 Å². The Morgan fingerprint density at radius 3 is 2.17 bits per heavy atom. The molecule has 2 heteroatoms. The van der Waals surface area contributed by atoms with Crippen molar-refractivity contribution in [2.45, 2.75) is 24.9 Å². The summed E-state index contributed by atoms with van der Waals surface area (Å²) in [6, 6.07) is 18.1. The molecule has 1 heterocycles. The molecule has 2 nitrogen and oxygen atoms in total. The molecule has 2 aromatic rings. The first-order valence-corrected chi connectivity index (χ1v) is 7.90. The zero-order valence-corrected chi connectivity index (χ0v) is 13.2. The van der Waals surface area contributed by atoms with Gasteiger partial charge in [-0.25, -0.2) is 0 Å². The summed E-state index contributed by atoms with van der Waals surface area (Å²) in [6.45, 7) is 8.45. The number of Topliss-reactive ketones (excluding diaryl/α,β-unsaturated/α-hetero) is 1. The van der Waals surface area contributed by atoms with E-state index in [-0.39, 0.29) is 5.78 Å². The standard InChI is InChI=1S/C21H21NO/c1-3-14-21(15-4-2)20(23)18-12-8-9-13-19(18)22(21)16-17-10-6-5-7-11-17/h3-13H,1-2,14-16H2. The van der Waals surface area contributed by atoms with E-state index in [0.717, 1.165) is 11.3 Å². The van der Waals surface area contributed by atoms with Crippen molar-refractivity contribution in [3.8, 4) is 0 Å². The molecule has 1 aliphatic heterocycles. The van der Waals surface area contributed by atoms with E-state index in [9.17, 15) is 4.79 Å². The largest absolute Gasteiger partial charge is 0.353 e. The summed E-state index contributed by atoms with van der Waals surface area (Å²) in [7, 11) is 0. The van der Waals surface area contributed by atoms with Gasteiger partial charge in [0.1, 0.15) is 5.54 Å². The third kappa shape index (κ3) is 2.50. The number of hydrogen-bond donors (Lipinski definition) is 0. The number of ketones is 1. The van der Waals surface area contributed by atoms with Crippen molar-refractivity contribution >= 4 is 11.5 Å². The van der Waals surface area contributed by atoms with E-state index in [1.807, 2.05) is 54.6 Å². The first kappa shape index (κ1) is 15.3. The number of para-hydroxylation sites is 1. The highest BCUT2D eigenvalue weighted by molar-refractivity contribution is 6.14. The summed E-state index contributed by atoms with van der Waals surface area (Å²) >= 11 is 0. The quantitative estimate of drug-likeness (QED) is 0.716. The van der Waals surface area contributed by atoms with Gasteiger partial charge in [-0.2, -0.15) is 0 Å². The van der Waals surface area contributed by atoms with Crippen LogP contribution in [0.2, 0.25) is 0 Å². The molecule has 3 rings (SSSR count). The Morgan fingerprint density at radius 2 is 1.52 bits per heavy atom. The van der Waals surface area contributed by atoms with Gasteiger partial charge in [-0.05, 0) is 30.5 Å². The highest BCUT2D eigenvalue weighted by atomic mass is 16.1. The monoisotopic (exact) mass is 303 g/mol. The predicted octanol–water partition coefficient (Wildman–Crippen LogP) is 4.78. The minimum absolute atomic E-state index is 0.170. The van der Waals surface area contributed by atoms with Crippen molar-refractivity contribution in [3.05, 3.63) is 91.0 Å². The van der Waals surface area contributed by atoms with Crippen LogP contribution in [0.15, 0.2) is 79.9 Å². The van der Waals surface area contributed by atoms with Gasteiger partial charge in [0, 0.05) is 17.8 Å². The fourth-order valence-electron chi connectivity index (χ4n) is 3.47. The van der Waals surface area contributed by atoms with Crippen molar-refractivity contribution in [3.63, 3.8) is 0 Å². The number of carbonyl (C=O) groups is 1. The average Bonchev–Trinajstić information content (AvgIpc) is 2.80. The molecular formula is C21H21NO. The van der Waals surface area contributed by atoms with Crippen LogP contribution in [0.3, 0.4) is 0 Å². The maximum atomic E-state index is 13.2. The number of benzene rings is 2. The second-order valence-electron chi connectivity index (χ2n) is 5.94. The van der Waals surface area contributed by atoms with E-state index < -0.39 is 5.54 Å². The molecule has 0 saturated heterocycles. The summed E-state index contributed by atoms with van der Waals surface area (Å²) in [6.07, 6.45) is 4.90. The normalized spacial score (nSPS) is 15.3. The van der Waals surface area contributed by atoms with Crippen LogP contribution in [0.25, 0.3) is 0 Å². The predicted molar refractivity (Wildman–Crippen MR) is 95.8 cm³/mol. The molecule has 0 atom stereocenters. The zero-order chi connectivity index (χ0) is 16.3. The molecule has 0 fully saturated rings. The Balaban J connectivity index is 2.11. The number of anilines is 1. The van der Waals surface area contributed by atoms with E-state index in [2.05, 4.69) is 30.2 Å². The van der Waals surface area contributed by atoms with E-state index >= 15 is 0 Å². The van der Waals surface area contributed by atoms with E-state index in [1.54, 1.807) is 0 Å². The second-order valence-corrected chi connectivity index (χ2v) is 5.94. The van der Waals surface area contributed by atoms with Crippen molar-refractivity contribution in [1.29, 1.82) is 0 Å². The summed E-state index contributed by atoms with van der Waals surface area (Å²) in [4.78, 5) is 15.4.